The minimum atomic E-state index is -1.01. The van der Waals surface area contributed by atoms with Gasteiger partial charge in [-0.15, -0.1) is 0 Å². The van der Waals surface area contributed by atoms with Crippen LogP contribution in [0, 0.1) is 0 Å². The highest BCUT2D eigenvalue weighted by molar-refractivity contribution is 5.94. The summed E-state index contributed by atoms with van der Waals surface area (Å²) in [5.74, 6) is 0.00958. The maximum absolute atomic E-state index is 12.3. The summed E-state index contributed by atoms with van der Waals surface area (Å²) >= 11 is 0. The van der Waals surface area contributed by atoms with Crippen molar-refractivity contribution in [1.82, 2.24) is 5.32 Å². The second-order valence-electron chi connectivity index (χ2n) is 6.81. The largest absolute Gasteiger partial charge is 0.496 e. The Bertz CT molecular complexity index is 843. The fourth-order valence-electron chi connectivity index (χ4n) is 3.16. The topological polar surface area (TPSA) is 94.1 Å². The molecular weight excluding hydrogens is 374 g/mol. The first-order chi connectivity index (χ1) is 14.1. The van der Waals surface area contributed by atoms with E-state index in [-0.39, 0.29) is 17.6 Å². The smallest absolute Gasteiger partial charge is 0.335 e. The number of hydrogen-bond acceptors (Lipinski definition) is 5. The summed E-state index contributed by atoms with van der Waals surface area (Å²) < 4.78 is 16.5. The lowest BCUT2D eigenvalue weighted by Gasteiger charge is -2.12. The van der Waals surface area contributed by atoms with Crippen LogP contribution in [0.1, 0.15) is 39.1 Å². The van der Waals surface area contributed by atoms with E-state index in [1.54, 1.807) is 30.3 Å². The summed E-state index contributed by atoms with van der Waals surface area (Å²) in [7, 11) is 1.49. The van der Waals surface area contributed by atoms with Crippen molar-refractivity contribution in [2.24, 2.45) is 0 Å². The van der Waals surface area contributed by atoms with Gasteiger partial charge in [0.15, 0.2) is 0 Å². The van der Waals surface area contributed by atoms with E-state index in [0.29, 0.717) is 36.6 Å². The molecule has 154 valence electrons. The average molecular weight is 399 g/mol. The van der Waals surface area contributed by atoms with Crippen LogP contribution >= 0.6 is 0 Å². The van der Waals surface area contributed by atoms with E-state index in [9.17, 15) is 9.59 Å². The Labute approximate surface area is 169 Å². The van der Waals surface area contributed by atoms with Crippen LogP contribution in [0.5, 0.6) is 11.5 Å². The molecule has 0 bridgehead atoms. The Morgan fingerprint density at radius 1 is 1.17 bits per heavy atom. The van der Waals surface area contributed by atoms with Gasteiger partial charge in [-0.1, -0.05) is 6.07 Å². The lowest BCUT2D eigenvalue weighted by molar-refractivity contribution is 0.0679. The molecule has 7 heteroatoms. The van der Waals surface area contributed by atoms with Crippen LogP contribution in [-0.2, 0) is 11.2 Å². The molecule has 1 aliphatic heterocycles. The third-order valence-corrected chi connectivity index (χ3v) is 4.79. The van der Waals surface area contributed by atoms with Gasteiger partial charge >= 0.3 is 5.97 Å². The van der Waals surface area contributed by atoms with E-state index < -0.39 is 5.97 Å². The van der Waals surface area contributed by atoms with Gasteiger partial charge in [-0.25, -0.2) is 4.79 Å². The van der Waals surface area contributed by atoms with Crippen molar-refractivity contribution >= 4 is 11.9 Å². The molecule has 0 radical (unpaired) electrons. The normalized spacial score (nSPS) is 15.7. The molecule has 2 N–H and O–H groups in total. The number of methoxy groups -OCH3 is 1. The number of rotatable bonds is 9. The fourth-order valence-corrected chi connectivity index (χ4v) is 3.16. The molecule has 1 amide bonds. The maximum Gasteiger partial charge on any atom is 0.335 e. The molecular formula is C22H25NO6. The third-order valence-electron chi connectivity index (χ3n) is 4.79. The highest BCUT2D eigenvalue weighted by atomic mass is 16.5. The van der Waals surface area contributed by atoms with Crippen LogP contribution < -0.4 is 14.8 Å². The molecule has 7 nitrogen and oxygen atoms in total. The second kappa shape index (κ2) is 9.93. The molecule has 0 aromatic heterocycles. The van der Waals surface area contributed by atoms with Gasteiger partial charge in [0.2, 0.25) is 0 Å². The Kier molecular flexibility index (Phi) is 7.08. The number of benzene rings is 2. The van der Waals surface area contributed by atoms with E-state index in [1.807, 2.05) is 0 Å². The third kappa shape index (κ3) is 5.71. The van der Waals surface area contributed by atoms with Crippen LogP contribution in [0.4, 0.5) is 0 Å². The number of amides is 1. The number of carboxylic acids is 1. The van der Waals surface area contributed by atoms with E-state index in [4.69, 9.17) is 19.3 Å². The van der Waals surface area contributed by atoms with Gasteiger partial charge in [0.1, 0.15) is 18.1 Å². The lowest BCUT2D eigenvalue weighted by atomic mass is 10.1. The number of hydrogen-bond donors (Lipinski definition) is 2. The molecule has 0 spiro atoms. The molecule has 1 unspecified atom stereocenters. The quantitative estimate of drug-likeness (QED) is 0.673. The van der Waals surface area contributed by atoms with Gasteiger partial charge in [-0.3, -0.25) is 4.79 Å². The average Bonchev–Trinajstić information content (AvgIpc) is 3.26. The van der Waals surface area contributed by atoms with Crippen molar-refractivity contribution in [2.45, 2.75) is 25.4 Å². The molecule has 1 saturated heterocycles. The van der Waals surface area contributed by atoms with Crippen LogP contribution in [0.2, 0.25) is 0 Å². The number of aromatic carboxylic acids is 1. The van der Waals surface area contributed by atoms with Crippen molar-refractivity contribution in [3.8, 4) is 11.5 Å². The van der Waals surface area contributed by atoms with Gasteiger partial charge in [-0.2, -0.15) is 0 Å². The first-order valence-electron chi connectivity index (χ1n) is 9.59. The SMILES string of the molecule is COc1cc(C(=O)O)ccc1CCNC(=O)c1ccc(OCC2CCCO2)cc1. The zero-order valence-corrected chi connectivity index (χ0v) is 16.3. The summed E-state index contributed by atoms with van der Waals surface area (Å²) in [5, 5.41) is 11.9. The zero-order valence-electron chi connectivity index (χ0n) is 16.3. The minimum Gasteiger partial charge on any atom is -0.496 e. The maximum atomic E-state index is 12.3. The summed E-state index contributed by atoms with van der Waals surface area (Å²) in [6.07, 6.45) is 2.77. The van der Waals surface area contributed by atoms with E-state index in [2.05, 4.69) is 5.32 Å². The Morgan fingerprint density at radius 3 is 2.59 bits per heavy atom. The lowest BCUT2D eigenvalue weighted by Crippen LogP contribution is -2.25. The van der Waals surface area contributed by atoms with E-state index >= 15 is 0 Å². The molecule has 2 aromatic rings. The first-order valence-corrected chi connectivity index (χ1v) is 9.59. The molecule has 0 aliphatic carbocycles. The number of carbonyl (C=O) groups excluding carboxylic acids is 1. The molecule has 1 heterocycles. The van der Waals surface area contributed by atoms with Crippen molar-refractivity contribution in [1.29, 1.82) is 0 Å². The van der Waals surface area contributed by atoms with Gasteiger partial charge in [-0.05, 0) is 61.2 Å². The van der Waals surface area contributed by atoms with Gasteiger partial charge in [0, 0.05) is 18.7 Å². The monoisotopic (exact) mass is 399 g/mol. The predicted molar refractivity (Wildman–Crippen MR) is 107 cm³/mol. The van der Waals surface area contributed by atoms with Crippen LogP contribution in [0.3, 0.4) is 0 Å². The van der Waals surface area contributed by atoms with Gasteiger partial charge < -0.3 is 24.6 Å². The summed E-state index contributed by atoms with van der Waals surface area (Å²) in [6.45, 7) is 1.72. The molecule has 1 fully saturated rings. The highest BCUT2D eigenvalue weighted by Gasteiger charge is 2.16. The predicted octanol–water partition coefficient (Wildman–Crippen LogP) is 2.92. The number of carboxylic acid groups (broad SMARTS) is 1. The fraction of sp³-hybridized carbons (Fsp3) is 0.364. The highest BCUT2D eigenvalue weighted by Crippen LogP contribution is 2.21. The number of carbonyl (C=O) groups is 2. The Hall–Kier alpha value is -3.06. The van der Waals surface area contributed by atoms with Gasteiger partial charge in [0.25, 0.3) is 5.91 Å². The molecule has 2 aromatic carbocycles. The van der Waals surface area contributed by atoms with Crippen molar-refractivity contribution in [3.05, 3.63) is 59.2 Å². The van der Waals surface area contributed by atoms with Crippen molar-refractivity contribution < 1.29 is 28.9 Å². The van der Waals surface area contributed by atoms with E-state index in [1.165, 1.54) is 19.2 Å². The Morgan fingerprint density at radius 2 is 1.93 bits per heavy atom. The summed E-state index contributed by atoms with van der Waals surface area (Å²) in [6, 6.07) is 11.7. The number of nitrogens with one attached hydrogen (secondary N) is 1. The standard InChI is InChI=1S/C22H25NO6/c1-27-20-13-17(22(25)26)5-4-15(20)10-11-23-21(24)16-6-8-18(9-7-16)29-14-19-3-2-12-28-19/h4-9,13,19H,2-3,10-12,14H2,1H3,(H,23,24)(H,25,26). The molecule has 29 heavy (non-hydrogen) atoms. The second-order valence-corrected chi connectivity index (χ2v) is 6.81. The van der Waals surface area contributed by atoms with Crippen LogP contribution in [0.25, 0.3) is 0 Å². The molecule has 1 aliphatic rings. The van der Waals surface area contributed by atoms with E-state index in [0.717, 1.165) is 25.0 Å². The minimum absolute atomic E-state index is 0.152. The molecule has 3 rings (SSSR count). The summed E-state index contributed by atoms with van der Waals surface area (Å²) in [5.41, 5.74) is 1.54. The van der Waals surface area contributed by atoms with Crippen LogP contribution in [-0.4, -0.2) is 50.0 Å². The summed E-state index contributed by atoms with van der Waals surface area (Å²) in [4.78, 5) is 23.4. The molecule has 0 saturated carbocycles. The Balaban J connectivity index is 1.48. The number of ether oxygens (including phenoxy) is 3. The van der Waals surface area contributed by atoms with Crippen molar-refractivity contribution in [3.63, 3.8) is 0 Å². The first kappa shape index (κ1) is 20.7. The van der Waals surface area contributed by atoms with Gasteiger partial charge in [0.05, 0.1) is 18.8 Å². The van der Waals surface area contributed by atoms with Crippen molar-refractivity contribution in [2.75, 3.05) is 26.9 Å². The van der Waals surface area contributed by atoms with Crippen LogP contribution in [0.15, 0.2) is 42.5 Å². The molecule has 1 atom stereocenters. The zero-order chi connectivity index (χ0) is 20.6.